The van der Waals surface area contributed by atoms with Crippen molar-refractivity contribution >= 4 is 23.6 Å². The number of hydrogen-bond acceptors (Lipinski definition) is 4. The van der Waals surface area contributed by atoms with E-state index in [9.17, 15) is 4.79 Å². The highest BCUT2D eigenvalue weighted by molar-refractivity contribution is 7.98. The van der Waals surface area contributed by atoms with Gasteiger partial charge in [0, 0.05) is 51.5 Å². The van der Waals surface area contributed by atoms with Gasteiger partial charge in [-0.2, -0.15) is 11.8 Å². The molecule has 1 unspecified atom stereocenters. The number of nitrogens with zero attached hydrogens (tertiary/aromatic N) is 3. The first-order chi connectivity index (χ1) is 10.6. The molecule has 22 heavy (non-hydrogen) atoms. The van der Waals surface area contributed by atoms with Crippen molar-refractivity contribution in [3.8, 4) is 0 Å². The Bertz CT molecular complexity index is 408. The van der Waals surface area contributed by atoms with Gasteiger partial charge in [-0.3, -0.25) is 4.79 Å². The molecule has 2 fully saturated rings. The van der Waals surface area contributed by atoms with Gasteiger partial charge in [-0.05, 0) is 19.1 Å². The van der Waals surface area contributed by atoms with Crippen molar-refractivity contribution in [2.75, 3.05) is 65.5 Å². The molecule has 0 saturated carbocycles. The summed E-state index contributed by atoms with van der Waals surface area (Å²) in [6.45, 7) is 4.78. The molecule has 0 aromatic carbocycles. The lowest BCUT2D eigenvalue weighted by molar-refractivity contribution is -0.127. The van der Waals surface area contributed by atoms with E-state index in [0.29, 0.717) is 5.41 Å². The summed E-state index contributed by atoms with van der Waals surface area (Å²) in [4.78, 5) is 20.2. The molecular formula is C15H28N4O2S. The highest BCUT2D eigenvalue weighted by Gasteiger charge is 2.42. The number of hydrogen-bond donors (Lipinski definition) is 1. The van der Waals surface area contributed by atoms with Crippen LogP contribution in [0.4, 0.5) is 0 Å². The highest BCUT2D eigenvalue weighted by atomic mass is 32.2. The molecule has 0 bridgehead atoms. The minimum Gasteiger partial charge on any atom is -0.381 e. The zero-order valence-electron chi connectivity index (χ0n) is 13.9. The number of guanidine groups is 1. The molecule has 2 aliphatic rings. The van der Waals surface area contributed by atoms with Gasteiger partial charge in [0.05, 0.1) is 6.61 Å². The van der Waals surface area contributed by atoms with Crippen molar-refractivity contribution in [2.45, 2.75) is 12.8 Å². The monoisotopic (exact) mass is 328 g/mol. The molecule has 0 aliphatic carbocycles. The van der Waals surface area contributed by atoms with Gasteiger partial charge in [0.2, 0.25) is 5.91 Å². The third-order valence-corrected chi connectivity index (χ3v) is 4.99. The number of amides is 1. The fraction of sp³-hybridized carbons (Fsp3) is 0.867. The maximum atomic E-state index is 11.8. The lowest BCUT2D eigenvalue weighted by atomic mass is 9.87. The van der Waals surface area contributed by atoms with Crippen LogP contribution < -0.4 is 5.32 Å². The molecule has 1 spiro atoms. The predicted octanol–water partition coefficient (Wildman–Crippen LogP) is 0.496. The molecule has 7 heteroatoms. The van der Waals surface area contributed by atoms with Crippen molar-refractivity contribution in [1.29, 1.82) is 0 Å². The van der Waals surface area contributed by atoms with E-state index >= 15 is 0 Å². The number of carbonyl (C=O) groups excluding carboxylic acids is 1. The zero-order chi connectivity index (χ0) is 16.0. The second-order valence-corrected chi connectivity index (χ2v) is 7.31. The van der Waals surface area contributed by atoms with Crippen molar-refractivity contribution in [2.24, 2.45) is 10.4 Å². The fourth-order valence-electron chi connectivity index (χ4n) is 2.90. The number of aliphatic imine (C=N–C) groups is 1. The molecule has 6 nitrogen and oxygen atoms in total. The van der Waals surface area contributed by atoms with E-state index in [0.717, 1.165) is 57.4 Å². The highest BCUT2D eigenvalue weighted by Crippen LogP contribution is 2.38. The zero-order valence-corrected chi connectivity index (χ0v) is 14.7. The first-order valence-electron chi connectivity index (χ1n) is 7.86. The van der Waals surface area contributed by atoms with E-state index in [1.165, 1.54) is 0 Å². The molecule has 1 N–H and O–H groups in total. The average Bonchev–Trinajstić information content (AvgIpc) is 3.13. The van der Waals surface area contributed by atoms with Crippen molar-refractivity contribution in [3.63, 3.8) is 0 Å². The van der Waals surface area contributed by atoms with Gasteiger partial charge < -0.3 is 19.9 Å². The molecular weight excluding hydrogens is 300 g/mol. The number of thioether (sulfide) groups is 1. The quantitative estimate of drug-likeness (QED) is 0.452. The predicted molar refractivity (Wildman–Crippen MR) is 91.4 cm³/mol. The normalized spacial score (nSPS) is 25.0. The Morgan fingerprint density at radius 3 is 2.91 bits per heavy atom. The molecule has 126 valence electrons. The van der Waals surface area contributed by atoms with Crippen molar-refractivity contribution < 1.29 is 9.53 Å². The number of likely N-dealkylation sites (tertiary alicyclic amines) is 1. The summed E-state index contributed by atoms with van der Waals surface area (Å²) in [5.41, 5.74) is 0.299. The molecule has 2 rings (SSSR count). The molecule has 2 heterocycles. The minimum absolute atomic E-state index is 0.0299. The van der Waals surface area contributed by atoms with Crippen LogP contribution in [0.1, 0.15) is 12.8 Å². The first kappa shape index (κ1) is 17.4. The SMILES string of the molecule is CSCCNC(=NCC(=O)N(C)C)N1CCC2(CCOC2)C1. The number of carbonyl (C=O) groups is 1. The minimum atomic E-state index is 0.0299. The Hall–Kier alpha value is -0.950. The van der Waals surface area contributed by atoms with Crippen molar-refractivity contribution in [1.82, 2.24) is 15.1 Å². The van der Waals surface area contributed by atoms with Crippen LogP contribution in [0.5, 0.6) is 0 Å². The van der Waals surface area contributed by atoms with Gasteiger partial charge in [-0.15, -0.1) is 0 Å². The van der Waals surface area contributed by atoms with E-state index in [-0.39, 0.29) is 12.5 Å². The van der Waals surface area contributed by atoms with E-state index in [1.54, 1.807) is 30.8 Å². The summed E-state index contributed by atoms with van der Waals surface area (Å²) < 4.78 is 5.59. The van der Waals surface area contributed by atoms with Crippen LogP contribution in [-0.2, 0) is 9.53 Å². The first-order valence-corrected chi connectivity index (χ1v) is 9.26. The van der Waals surface area contributed by atoms with E-state index in [4.69, 9.17) is 4.74 Å². The third-order valence-electron chi connectivity index (χ3n) is 4.38. The topological polar surface area (TPSA) is 57.2 Å². The lowest BCUT2D eigenvalue weighted by Crippen LogP contribution is -2.43. The Morgan fingerprint density at radius 1 is 1.45 bits per heavy atom. The standard InChI is InChI=1S/C15H28N4O2S/c1-18(2)13(20)10-17-14(16-6-9-22-3)19-7-4-15(11-19)5-8-21-12-15/h4-12H2,1-3H3,(H,16,17). The largest absolute Gasteiger partial charge is 0.381 e. The Morgan fingerprint density at radius 2 is 2.27 bits per heavy atom. The summed E-state index contributed by atoms with van der Waals surface area (Å²) in [7, 11) is 3.53. The molecule has 1 amide bonds. The molecule has 2 saturated heterocycles. The van der Waals surface area contributed by atoms with Gasteiger partial charge in [-0.1, -0.05) is 0 Å². The molecule has 0 aromatic rings. The summed E-state index contributed by atoms with van der Waals surface area (Å²) in [6, 6.07) is 0. The van der Waals surface area contributed by atoms with Crippen LogP contribution in [0.25, 0.3) is 0 Å². The second kappa shape index (κ2) is 8.06. The fourth-order valence-corrected chi connectivity index (χ4v) is 3.21. The molecule has 0 radical (unpaired) electrons. The van der Waals surface area contributed by atoms with Crippen LogP contribution in [0.2, 0.25) is 0 Å². The lowest BCUT2D eigenvalue weighted by Gasteiger charge is -2.25. The average molecular weight is 328 g/mol. The van der Waals surface area contributed by atoms with Gasteiger partial charge in [0.15, 0.2) is 5.96 Å². The smallest absolute Gasteiger partial charge is 0.243 e. The number of ether oxygens (including phenoxy) is 1. The third kappa shape index (κ3) is 4.52. The van der Waals surface area contributed by atoms with Crippen molar-refractivity contribution in [3.05, 3.63) is 0 Å². The van der Waals surface area contributed by atoms with Crippen LogP contribution in [0, 0.1) is 5.41 Å². The van der Waals surface area contributed by atoms with Gasteiger partial charge >= 0.3 is 0 Å². The molecule has 1 atom stereocenters. The van der Waals surface area contributed by atoms with E-state index in [1.807, 2.05) is 0 Å². The van der Waals surface area contributed by atoms with Gasteiger partial charge in [0.1, 0.15) is 6.54 Å². The van der Waals surface area contributed by atoms with Gasteiger partial charge in [0.25, 0.3) is 0 Å². The summed E-state index contributed by atoms with van der Waals surface area (Å²) in [5.74, 6) is 1.93. The molecule has 0 aromatic heterocycles. The second-order valence-electron chi connectivity index (χ2n) is 6.32. The Labute approximate surface area is 137 Å². The van der Waals surface area contributed by atoms with Crippen LogP contribution in [-0.4, -0.2) is 87.2 Å². The Kier molecular flexibility index (Phi) is 6.37. The summed E-state index contributed by atoms with van der Waals surface area (Å²) >= 11 is 1.80. The van der Waals surface area contributed by atoms with E-state index in [2.05, 4.69) is 21.5 Å². The number of rotatable bonds is 5. The summed E-state index contributed by atoms with van der Waals surface area (Å²) in [5, 5.41) is 3.41. The maximum absolute atomic E-state index is 11.8. The van der Waals surface area contributed by atoms with Gasteiger partial charge in [-0.25, -0.2) is 4.99 Å². The van der Waals surface area contributed by atoms with Crippen LogP contribution in [0.15, 0.2) is 4.99 Å². The van der Waals surface area contributed by atoms with E-state index < -0.39 is 0 Å². The maximum Gasteiger partial charge on any atom is 0.243 e. The molecule has 2 aliphatic heterocycles. The number of likely N-dealkylation sites (N-methyl/N-ethyl adjacent to an activating group) is 1. The summed E-state index contributed by atoms with van der Waals surface area (Å²) in [6.07, 6.45) is 4.38. The van der Waals surface area contributed by atoms with Crippen LogP contribution in [0.3, 0.4) is 0 Å². The van der Waals surface area contributed by atoms with Crippen LogP contribution >= 0.6 is 11.8 Å². The Balaban J connectivity index is 1.97. The number of nitrogens with one attached hydrogen (secondary N) is 1.